The number of nitrogens with one attached hydrogen (secondary N) is 1. The maximum Gasteiger partial charge on any atom is 0.265 e. The van der Waals surface area contributed by atoms with E-state index in [0.29, 0.717) is 35.1 Å². The van der Waals surface area contributed by atoms with Crippen molar-refractivity contribution in [3.8, 4) is 23.3 Å². The van der Waals surface area contributed by atoms with E-state index < -0.39 is 6.10 Å². The van der Waals surface area contributed by atoms with Crippen LogP contribution in [0.15, 0.2) is 42.5 Å². The molecule has 0 aliphatic heterocycles. The van der Waals surface area contributed by atoms with E-state index in [1.807, 2.05) is 6.07 Å². The zero-order chi connectivity index (χ0) is 19.6. The lowest BCUT2D eigenvalue weighted by Crippen LogP contribution is -2.30. The Labute approximate surface area is 159 Å². The second-order valence-electron chi connectivity index (χ2n) is 5.92. The van der Waals surface area contributed by atoms with Gasteiger partial charge in [-0.25, -0.2) is 0 Å². The molecule has 1 unspecified atom stereocenters. The lowest BCUT2D eigenvalue weighted by atomic mass is 10.2. The van der Waals surface area contributed by atoms with Crippen LogP contribution in [-0.4, -0.2) is 25.7 Å². The van der Waals surface area contributed by atoms with E-state index in [1.54, 1.807) is 56.5 Å². The number of methoxy groups -OCH3 is 1. The fraction of sp³-hybridized carbons (Fsp3) is 0.333. The highest BCUT2D eigenvalue weighted by molar-refractivity contribution is 5.95. The predicted octanol–water partition coefficient (Wildman–Crippen LogP) is 4.15. The fourth-order valence-electron chi connectivity index (χ4n) is 2.33. The minimum absolute atomic E-state index is 0.351. The summed E-state index contributed by atoms with van der Waals surface area (Å²) in [6.07, 6.45) is 1.14. The van der Waals surface area contributed by atoms with Gasteiger partial charge in [-0.15, -0.1) is 0 Å². The fourth-order valence-corrected chi connectivity index (χ4v) is 2.33. The highest BCUT2D eigenvalue weighted by atomic mass is 16.5. The molecule has 0 heterocycles. The van der Waals surface area contributed by atoms with Crippen molar-refractivity contribution in [3.05, 3.63) is 48.0 Å². The highest BCUT2D eigenvalue weighted by Gasteiger charge is 2.18. The minimum atomic E-state index is -0.797. The molecule has 0 fully saturated rings. The van der Waals surface area contributed by atoms with Crippen molar-refractivity contribution >= 4 is 11.6 Å². The summed E-state index contributed by atoms with van der Waals surface area (Å²) in [5.41, 5.74) is 0.890. The predicted molar refractivity (Wildman–Crippen MR) is 103 cm³/mol. The van der Waals surface area contributed by atoms with Gasteiger partial charge in [0, 0.05) is 6.07 Å². The second kappa shape index (κ2) is 10.1. The number of para-hydroxylation sites is 1. The highest BCUT2D eigenvalue weighted by Crippen LogP contribution is 2.30. The Kier molecular flexibility index (Phi) is 7.50. The van der Waals surface area contributed by atoms with Crippen LogP contribution in [0, 0.1) is 11.3 Å². The van der Waals surface area contributed by atoms with Crippen LogP contribution in [0.25, 0.3) is 0 Å². The number of unbranched alkanes of at least 4 members (excludes halogenated alkanes) is 1. The number of nitrogens with zero attached hydrogens (tertiary/aromatic N) is 1. The molecular formula is C21H24N2O4. The van der Waals surface area contributed by atoms with Gasteiger partial charge < -0.3 is 19.5 Å². The Balaban J connectivity index is 2.12. The van der Waals surface area contributed by atoms with Crippen molar-refractivity contribution in [2.75, 3.05) is 19.0 Å². The minimum Gasteiger partial charge on any atom is -0.497 e. The van der Waals surface area contributed by atoms with Crippen LogP contribution < -0.4 is 19.5 Å². The van der Waals surface area contributed by atoms with Gasteiger partial charge in [0.15, 0.2) is 6.10 Å². The van der Waals surface area contributed by atoms with Crippen molar-refractivity contribution in [2.24, 2.45) is 0 Å². The summed E-state index contributed by atoms with van der Waals surface area (Å²) < 4.78 is 16.6. The topological polar surface area (TPSA) is 80.6 Å². The molecule has 0 saturated carbocycles. The van der Waals surface area contributed by atoms with Crippen LogP contribution in [0.3, 0.4) is 0 Å². The summed E-state index contributed by atoms with van der Waals surface area (Å²) in [4.78, 5) is 12.6. The first-order valence-electron chi connectivity index (χ1n) is 8.86. The van der Waals surface area contributed by atoms with Crippen LogP contribution in [0.4, 0.5) is 5.69 Å². The number of carbonyl (C=O) groups excluding carboxylic acids is 1. The second-order valence-corrected chi connectivity index (χ2v) is 5.92. The molecule has 1 amide bonds. The largest absolute Gasteiger partial charge is 0.497 e. The third kappa shape index (κ3) is 5.65. The van der Waals surface area contributed by atoms with Gasteiger partial charge in [0.1, 0.15) is 23.3 Å². The summed E-state index contributed by atoms with van der Waals surface area (Å²) in [5.74, 6) is 1.20. The molecule has 1 N–H and O–H groups in total. The quantitative estimate of drug-likeness (QED) is 0.673. The zero-order valence-electron chi connectivity index (χ0n) is 15.8. The van der Waals surface area contributed by atoms with E-state index in [0.717, 1.165) is 12.8 Å². The number of hydrogen-bond acceptors (Lipinski definition) is 5. The van der Waals surface area contributed by atoms with E-state index in [1.165, 1.54) is 0 Å². The number of rotatable bonds is 9. The van der Waals surface area contributed by atoms with Crippen molar-refractivity contribution < 1.29 is 19.0 Å². The molecule has 2 aromatic carbocycles. The number of carbonyl (C=O) groups is 1. The molecule has 0 aromatic heterocycles. The van der Waals surface area contributed by atoms with E-state index in [4.69, 9.17) is 19.5 Å². The molecule has 0 saturated heterocycles. The molecule has 0 aliphatic rings. The molecule has 0 bridgehead atoms. The molecule has 6 heteroatoms. The molecule has 6 nitrogen and oxygen atoms in total. The first kappa shape index (κ1) is 20.1. The Morgan fingerprint density at radius 2 is 2.00 bits per heavy atom. The Hall–Kier alpha value is -3.20. The van der Waals surface area contributed by atoms with Crippen LogP contribution >= 0.6 is 0 Å². The van der Waals surface area contributed by atoms with E-state index in [2.05, 4.69) is 12.2 Å². The van der Waals surface area contributed by atoms with Crippen molar-refractivity contribution in [3.63, 3.8) is 0 Å². The molecule has 27 heavy (non-hydrogen) atoms. The molecule has 0 spiro atoms. The Bertz CT molecular complexity index is 814. The number of benzene rings is 2. The first-order valence-corrected chi connectivity index (χ1v) is 8.86. The average Bonchev–Trinajstić information content (AvgIpc) is 2.69. The van der Waals surface area contributed by atoms with Crippen molar-refractivity contribution in [1.82, 2.24) is 0 Å². The summed E-state index contributed by atoms with van der Waals surface area (Å²) >= 11 is 0. The lowest BCUT2D eigenvalue weighted by Gasteiger charge is -2.18. The maximum atomic E-state index is 12.6. The standard InChI is InChI=1S/C21H24N2O4/c1-4-5-12-26-20-11-10-17(25-3)13-18(20)23-21(24)15(2)27-19-9-7-6-8-16(19)14-22/h6-11,13,15H,4-5,12H2,1-3H3,(H,23,24). The van der Waals surface area contributed by atoms with Crippen LogP contribution in [-0.2, 0) is 4.79 Å². The third-order valence-corrected chi connectivity index (χ3v) is 3.88. The summed E-state index contributed by atoms with van der Waals surface area (Å²) in [6, 6.07) is 14.1. The van der Waals surface area contributed by atoms with Gasteiger partial charge in [0.25, 0.3) is 5.91 Å². The molecular weight excluding hydrogens is 344 g/mol. The van der Waals surface area contributed by atoms with Gasteiger partial charge in [0.2, 0.25) is 0 Å². The van der Waals surface area contributed by atoms with Gasteiger partial charge >= 0.3 is 0 Å². The van der Waals surface area contributed by atoms with Gasteiger partial charge in [0.05, 0.1) is 25.0 Å². The number of amides is 1. The van der Waals surface area contributed by atoms with Crippen LogP contribution in [0.1, 0.15) is 32.3 Å². The van der Waals surface area contributed by atoms with Crippen LogP contribution in [0.2, 0.25) is 0 Å². The number of anilines is 1. The Morgan fingerprint density at radius 3 is 2.70 bits per heavy atom. The van der Waals surface area contributed by atoms with Crippen molar-refractivity contribution in [2.45, 2.75) is 32.8 Å². The van der Waals surface area contributed by atoms with Crippen LogP contribution in [0.5, 0.6) is 17.2 Å². The molecule has 0 radical (unpaired) electrons. The molecule has 0 aliphatic carbocycles. The smallest absolute Gasteiger partial charge is 0.265 e. The first-order chi connectivity index (χ1) is 13.1. The SMILES string of the molecule is CCCCOc1ccc(OC)cc1NC(=O)C(C)Oc1ccccc1C#N. The molecule has 1 atom stereocenters. The van der Waals surface area contributed by atoms with Gasteiger partial charge in [-0.1, -0.05) is 25.5 Å². The summed E-state index contributed by atoms with van der Waals surface area (Å²) in [5, 5.41) is 12.0. The number of nitriles is 1. The van der Waals surface area contributed by atoms with E-state index in [9.17, 15) is 4.79 Å². The normalized spacial score (nSPS) is 11.2. The third-order valence-electron chi connectivity index (χ3n) is 3.88. The maximum absolute atomic E-state index is 12.6. The van der Waals surface area contributed by atoms with Gasteiger partial charge in [-0.3, -0.25) is 4.79 Å². The zero-order valence-corrected chi connectivity index (χ0v) is 15.8. The monoisotopic (exact) mass is 368 g/mol. The van der Waals surface area contributed by atoms with E-state index >= 15 is 0 Å². The summed E-state index contributed by atoms with van der Waals surface area (Å²) in [7, 11) is 1.56. The number of ether oxygens (including phenoxy) is 3. The van der Waals surface area contributed by atoms with Crippen molar-refractivity contribution in [1.29, 1.82) is 5.26 Å². The van der Waals surface area contributed by atoms with Gasteiger partial charge in [-0.05, 0) is 37.6 Å². The van der Waals surface area contributed by atoms with Gasteiger partial charge in [-0.2, -0.15) is 5.26 Å². The average molecular weight is 368 g/mol. The summed E-state index contributed by atoms with van der Waals surface area (Å²) in [6.45, 7) is 4.27. The van der Waals surface area contributed by atoms with E-state index in [-0.39, 0.29) is 5.91 Å². The molecule has 142 valence electrons. The molecule has 2 aromatic rings. The Morgan fingerprint density at radius 1 is 1.22 bits per heavy atom. The number of hydrogen-bond donors (Lipinski definition) is 1. The molecule has 2 rings (SSSR count). The lowest BCUT2D eigenvalue weighted by molar-refractivity contribution is -0.122.